The van der Waals surface area contributed by atoms with Gasteiger partial charge < -0.3 is 25.4 Å². The fourth-order valence-electron chi connectivity index (χ4n) is 1.44. The Bertz CT molecular complexity index is 167. The second kappa shape index (κ2) is 6.40. The summed E-state index contributed by atoms with van der Waals surface area (Å²) in [5.41, 5.74) is 4.76. The Kier molecular flexibility index (Phi) is 5.49. The Hall–Kier alpha value is -0.200. The number of nitrogens with two attached hydrogens (primary N) is 1. The molecule has 1 aliphatic heterocycles. The summed E-state index contributed by atoms with van der Waals surface area (Å²) in [6, 6.07) is 0. The van der Waals surface area contributed by atoms with E-state index in [0.29, 0.717) is 13.0 Å². The van der Waals surface area contributed by atoms with Gasteiger partial charge in [0, 0.05) is 6.61 Å². The molecule has 0 spiro atoms. The molecule has 5 nitrogen and oxygen atoms in total. The highest BCUT2D eigenvalue weighted by Crippen LogP contribution is 2.15. The van der Waals surface area contributed by atoms with Crippen LogP contribution >= 0.6 is 0 Å². The van der Waals surface area contributed by atoms with Crippen molar-refractivity contribution in [3.63, 3.8) is 0 Å². The molecule has 1 saturated heterocycles. The Morgan fingerprint density at radius 2 is 2.07 bits per heavy atom. The fourth-order valence-corrected chi connectivity index (χ4v) is 1.44. The minimum absolute atomic E-state index is 0.139. The molecule has 0 aliphatic carbocycles. The fraction of sp³-hybridized carbons (Fsp3) is 1.00. The third-order valence-corrected chi connectivity index (χ3v) is 2.67. The Morgan fingerprint density at radius 3 is 2.60 bits per heavy atom. The van der Waals surface area contributed by atoms with Crippen molar-refractivity contribution in [1.29, 1.82) is 0 Å². The number of aliphatic hydroxyl groups is 2. The van der Waals surface area contributed by atoms with E-state index in [1.54, 1.807) is 0 Å². The molecule has 5 heteroatoms. The van der Waals surface area contributed by atoms with Crippen molar-refractivity contribution in [2.75, 3.05) is 26.4 Å². The first-order valence-corrected chi connectivity index (χ1v) is 5.44. The molecule has 15 heavy (non-hydrogen) atoms. The van der Waals surface area contributed by atoms with Crippen LogP contribution in [-0.4, -0.2) is 48.5 Å². The van der Waals surface area contributed by atoms with Crippen molar-refractivity contribution in [1.82, 2.24) is 0 Å². The highest BCUT2D eigenvalue weighted by Gasteiger charge is 2.23. The van der Waals surface area contributed by atoms with Gasteiger partial charge in [-0.05, 0) is 25.7 Å². The summed E-state index contributed by atoms with van der Waals surface area (Å²) in [4.78, 5) is 0. The van der Waals surface area contributed by atoms with Gasteiger partial charge in [-0.15, -0.1) is 0 Å². The van der Waals surface area contributed by atoms with Crippen molar-refractivity contribution < 1.29 is 19.7 Å². The minimum Gasteiger partial charge on any atom is -0.394 e. The first-order chi connectivity index (χ1) is 7.20. The molecule has 0 radical (unpaired) electrons. The van der Waals surface area contributed by atoms with Gasteiger partial charge in [-0.2, -0.15) is 0 Å². The molecule has 0 aromatic carbocycles. The number of aliphatic hydroxyl groups excluding tert-OH is 2. The van der Waals surface area contributed by atoms with Crippen LogP contribution in [0.1, 0.15) is 25.7 Å². The predicted octanol–water partition coefficient (Wildman–Crippen LogP) is -0.398. The predicted molar refractivity (Wildman–Crippen MR) is 55.3 cm³/mol. The van der Waals surface area contributed by atoms with E-state index in [2.05, 4.69) is 0 Å². The summed E-state index contributed by atoms with van der Waals surface area (Å²) in [5, 5.41) is 17.9. The Balaban J connectivity index is 2.14. The molecule has 1 atom stereocenters. The van der Waals surface area contributed by atoms with Gasteiger partial charge in [-0.3, -0.25) is 0 Å². The van der Waals surface area contributed by atoms with Gasteiger partial charge in [0.2, 0.25) is 0 Å². The summed E-state index contributed by atoms with van der Waals surface area (Å²) in [5.74, 6) is 0. The lowest BCUT2D eigenvalue weighted by atomic mass is 10.00. The highest BCUT2D eigenvalue weighted by atomic mass is 16.7. The van der Waals surface area contributed by atoms with E-state index in [1.807, 2.05) is 0 Å². The lowest BCUT2D eigenvalue weighted by molar-refractivity contribution is -0.165. The van der Waals surface area contributed by atoms with E-state index in [9.17, 15) is 0 Å². The van der Waals surface area contributed by atoms with Crippen molar-refractivity contribution >= 4 is 0 Å². The Labute approximate surface area is 90.2 Å². The SMILES string of the molecule is NC(CO)(CO)CCOC1CCCCO1. The molecule has 0 aromatic heterocycles. The van der Waals surface area contributed by atoms with Crippen LogP contribution in [0.5, 0.6) is 0 Å². The number of hydrogen-bond acceptors (Lipinski definition) is 5. The second-order valence-electron chi connectivity index (χ2n) is 4.10. The first kappa shape index (κ1) is 12.9. The summed E-state index contributed by atoms with van der Waals surface area (Å²) >= 11 is 0. The zero-order valence-corrected chi connectivity index (χ0v) is 9.02. The lowest BCUT2D eigenvalue weighted by Crippen LogP contribution is -2.48. The first-order valence-electron chi connectivity index (χ1n) is 5.44. The zero-order chi connectivity index (χ0) is 11.1. The number of ether oxygens (including phenoxy) is 2. The standard InChI is InChI=1S/C10H21NO4/c11-10(7-12,8-13)4-6-15-9-3-1-2-5-14-9/h9,12-13H,1-8,11H2. The molecule has 1 fully saturated rings. The molecule has 0 bridgehead atoms. The van der Waals surface area contributed by atoms with E-state index >= 15 is 0 Å². The summed E-state index contributed by atoms with van der Waals surface area (Å²) < 4.78 is 10.8. The van der Waals surface area contributed by atoms with Crippen molar-refractivity contribution in [2.45, 2.75) is 37.5 Å². The molecule has 90 valence electrons. The van der Waals surface area contributed by atoms with Crippen LogP contribution in [0.25, 0.3) is 0 Å². The molecule has 1 heterocycles. The molecule has 0 aromatic rings. The molecule has 1 unspecified atom stereocenters. The number of rotatable bonds is 6. The molecule has 0 saturated carbocycles. The van der Waals surface area contributed by atoms with Gasteiger partial charge in [0.1, 0.15) is 0 Å². The molecule has 0 amide bonds. The average Bonchev–Trinajstić information content (AvgIpc) is 2.30. The smallest absolute Gasteiger partial charge is 0.157 e. The van der Waals surface area contributed by atoms with Crippen LogP contribution in [-0.2, 0) is 9.47 Å². The van der Waals surface area contributed by atoms with E-state index in [0.717, 1.165) is 25.9 Å². The van der Waals surface area contributed by atoms with Crippen LogP contribution < -0.4 is 5.73 Å². The zero-order valence-electron chi connectivity index (χ0n) is 9.02. The van der Waals surface area contributed by atoms with E-state index in [-0.39, 0.29) is 19.5 Å². The van der Waals surface area contributed by atoms with E-state index in [4.69, 9.17) is 25.4 Å². The summed E-state index contributed by atoms with van der Waals surface area (Å²) in [6.45, 7) is 0.678. The van der Waals surface area contributed by atoms with Gasteiger partial charge in [-0.1, -0.05) is 0 Å². The molecular weight excluding hydrogens is 198 g/mol. The van der Waals surface area contributed by atoms with Crippen LogP contribution in [0.4, 0.5) is 0 Å². The van der Waals surface area contributed by atoms with E-state index in [1.165, 1.54) is 0 Å². The maximum absolute atomic E-state index is 8.95. The maximum Gasteiger partial charge on any atom is 0.157 e. The van der Waals surface area contributed by atoms with Crippen LogP contribution in [0.15, 0.2) is 0 Å². The van der Waals surface area contributed by atoms with Gasteiger partial charge in [0.25, 0.3) is 0 Å². The van der Waals surface area contributed by atoms with Gasteiger partial charge in [0.15, 0.2) is 6.29 Å². The topological polar surface area (TPSA) is 84.9 Å². The molecule has 4 N–H and O–H groups in total. The summed E-state index contributed by atoms with van der Waals surface area (Å²) in [6.07, 6.45) is 3.42. The molecular formula is C10H21NO4. The highest BCUT2D eigenvalue weighted by molar-refractivity contribution is 4.82. The van der Waals surface area contributed by atoms with Gasteiger partial charge >= 0.3 is 0 Å². The van der Waals surface area contributed by atoms with Crippen LogP contribution in [0.2, 0.25) is 0 Å². The quantitative estimate of drug-likeness (QED) is 0.566. The third-order valence-electron chi connectivity index (χ3n) is 2.67. The van der Waals surface area contributed by atoms with Crippen molar-refractivity contribution in [2.24, 2.45) is 5.73 Å². The average molecular weight is 219 g/mol. The monoisotopic (exact) mass is 219 g/mol. The largest absolute Gasteiger partial charge is 0.394 e. The number of hydrogen-bond donors (Lipinski definition) is 3. The lowest BCUT2D eigenvalue weighted by Gasteiger charge is -2.27. The Morgan fingerprint density at radius 1 is 1.33 bits per heavy atom. The van der Waals surface area contributed by atoms with Gasteiger partial charge in [-0.25, -0.2) is 0 Å². The molecule has 1 rings (SSSR count). The molecule has 1 aliphatic rings. The maximum atomic E-state index is 8.95. The van der Waals surface area contributed by atoms with Crippen LogP contribution in [0, 0.1) is 0 Å². The van der Waals surface area contributed by atoms with Crippen molar-refractivity contribution in [3.8, 4) is 0 Å². The minimum atomic E-state index is -0.936. The van der Waals surface area contributed by atoms with Crippen molar-refractivity contribution in [3.05, 3.63) is 0 Å². The van der Waals surface area contributed by atoms with Gasteiger partial charge in [0.05, 0.1) is 25.4 Å². The third kappa shape index (κ3) is 4.44. The van der Waals surface area contributed by atoms with Crippen LogP contribution in [0.3, 0.4) is 0 Å². The summed E-state index contributed by atoms with van der Waals surface area (Å²) in [7, 11) is 0. The van der Waals surface area contributed by atoms with E-state index < -0.39 is 5.54 Å². The normalized spacial score (nSPS) is 23.0. The second-order valence-corrected chi connectivity index (χ2v) is 4.10.